The zero-order valence-corrected chi connectivity index (χ0v) is 19.1. The van der Waals surface area contributed by atoms with Crippen molar-refractivity contribution in [3.8, 4) is 0 Å². The molecule has 0 saturated carbocycles. The lowest BCUT2D eigenvalue weighted by molar-refractivity contribution is 0.0240. The molecule has 0 bridgehead atoms. The van der Waals surface area contributed by atoms with E-state index in [1.807, 2.05) is 32.9 Å². The van der Waals surface area contributed by atoms with Crippen LogP contribution in [-0.4, -0.2) is 54.0 Å². The summed E-state index contributed by atoms with van der Waals surface area (Å²) in [6.07, 6.45) is 1.50. The number of rotatable bonds is 4. The molecular formula is C19H25BrN6O2S. The minimum Gasteiger partial charge on any atom is -0.444 e. The fourth-order valence-electron chi connectivity index (χ4n) is 2.87. The van der Waals surface area contributed by atoms with Crippen LogP contribution in [0.4, 0.5) is 21.4 Å². The van der Waals surface area contributed by atoms with Crippen LogP contribution in [0.2, 0.25) is 0 Å². The first-order chi connectivity index (χ1) is 13.7. The Hall–Kier alpha value is -2.33. The van der Waals surface area contributed by atoms with Crippen LogP contribution in [0.5, 0.6) is 0 Å². The molecule has 0 atom stereocenters. The van der Waals surface area contributed by atoms with Crippen molar-refractivity contribution in [1.29, 1.82) is 0 Å². The van der Waals surface area contributed by atoms with E-state index in [1.54, 1.807) is 16.5 Å². The summed E-state index contributed by atoms with van der Waals surface area (Å²) in [5.74, 6) is 0.471. The normalized spacial score (nSPS) is 15.0. The van der Waals surface area contributed by atoms with Gasteiger partial charge < -0.3 is 20.3 Å². The minimum absolute atomic E-state index is 0.262. The number of ether oxygens (including phenoxy) is 1. The second-order valence-corrected chi connectivity index (χ2v) is 9.38. The van der Waals surface area contributed by atoms with Gasteiger partial charge >= 0.3 is 6.09 Å². The van der Waals surface area contributed by atoms with Crippen molar-refractivity contribution < 1.29 is 9.53 Å². The number of thiazole rings is 1. The van der Waals surface area contributed by atoms with E-state index in [1.165, 1.54) is 11.3 Å². The second kappa shape index (κ2) is 9.00. The Balaban J connectivity index is 1.66. The fraction of sp³-hybridized carbons (Fsp3) is 0.421. The maximum absolute atomic E-state index is 12.3. The van der Waals surface area contributed by atoms with Gasteiger partial charge in [-0.05, 0) is 39.0 Å². The molecular weight excluding hydrogens is 456 g/mol. The van der Waals surface area contributed by atoms with Crippen molar-refractivity contribution in [2.75, 3.05) is 42.2 Å². The molecule has 1 aromatic carbocycles. The Morgan fingerprint density at radius 2 is 2.07 bits per heavy atom. The van der Waals surface area contributed by atoms with E-state index in [-0.39, 0.29) is 6.09 Å². The highest BCUT2D eigenvalue weighted by Crippen LogP contribution is 2.25. The molecule has 1 amide bonds. The highest BCUT2D eigenvalue weighted by molar-refractivity contribution is 9.10. The monoisotopic (exact) mass is 480 g/mol. The first kappa shape index (κ1) is 21.4. The highest BCUT2D eigenvalue weighted by atomic mass is 79.9. The Morgan fingerprint density at radius 3 is 2.69 bits per heavy atom. The molecule has 1 fully saturated rings. The summed E-state index contributed by atoms with van der Waals surface area (Å²) in [7, 11) is 0. The zero-order valence-electron chi connectivity index (χ0n) is 16.7. The average Bonchev–Trinajstić information content (AvgIpc) is 3.06. The van der Waals surface area contributed by atoms with Gasteiger partial charge in [-0.2, -0.15) is 5.10 Å². The van der Waals surface area contributed by atoms with Gasteiger partial charge in [0.1, 0.15) is 11.4 Å². The van der Waals surface area contributed by atoms with Gasteiger partial charge in [0.15, 0.2) is 0 Å². The molecule has 2 aromatic rings. The summed E-state index contributed by atoms with van der Waals surface area (Å²) in [4.78, 5) is 20.4. The van der Waals surface area contributed by atoms with Crippen molar-refractivity contribution in [3.05, 3.63) is 33.6 Å². The van der Waals surface area contributed by atoms with Gasteiger partial charge in [0.05, 0.1) is 6.21 Å². The first-order valence-electron chi connectivity index (χ1n) is 9.24. The van der Waals surface area contributed by atoms with E-state index in [4.69, 9.17) is 10.5 Å². The molecule has 29 heavy (non-hydrogen) atoms. The second-order valence-electron chi connectivity index (χ2n) is 7.61. The van der Waals surface area contributed by atoms with Gasteiger partial charge in [0.25, 0.3) is 0 Å². The predicted octanol–water partition coefficient (Wildman–Crippen LogP) is 3.99. The number of hydrazone groups is 1. The SMILES string of the molecule is CC(C)(C)OC(=O)N1CCN(c2ccc(Br)cc2C=NNc2nc(N)cs2)CC1. The number of amides is 1. The largest absolute Gasteiger partial charge is 0.444 e. The van der Waals surface area contributed by atoms with Crippen molar-refractivity contribution in [3.63, 3.8) is 0 Å². The molecule has 156 valence electrons. The molecule has 1 aliphatic rings. The van der Waals surface area contributed by atoms with E-state index >= 15 is 0 Å². The third-order valence-electron chi connectivity index (χ3n) is 4.15. The van der Waals surface area contributed by atoms with Crippen LogP contribution in [0.25, 0.3) is 0 Å². The van der Waals surface area contributed by atoms with Crippen molar-refractivity contribution in [2.45, 2.75) is 26.4 Å². The summed E-state index contributed by atoms with van der Waals surface area (Å²) < 4.78 is 6.44. The molecule has 0 unspecified atom stereocenters. The van der Waals surface area contributed by atoms with Crippen LogP contribution in [0.15, 0.2) is 33.2 Å². The minimum atomic E-state index is -0.487. The number of piperazine rings is 1. The topological polar surface area (TPSA) is 96.1 Å². The maximum atomic E-state index is 12.3. The number of nitrogens with one attached hydrogen (secondary N) is 1. The number of anilines is 3. The molecule has 10 heteroatoms. The van der Waals surface area contributed by atoms with Crippen LogP contribution in [0.3, 0.4) is 0 Å². The van der Waals surface area contributed by atoms with Crippen LogP contribution < -0.4 is 16.1 Å². The van der Waals surface area contributed by atoms with E-state index < -0.39 is 5.60 Å². The summed E-state index contributed by atoms with van der Waals surface area (Å²) in [5, 5.41) is 6.69. The molecule has 1 aromatic heterocycles. The standard InChI is InChI=1S/C19H25BrN6O2S/c1-19(2,3)28-18(27)26-8-6-25(7-9-26)15-5-4-14(20)10-13(15)11-22-24-17-23-16(21)12-29-17/h4-5,10-12H,6-9,21H2,1-3H3,(H,23,24). The molecule has 0 radical (unpaired) electrons. The number of carbonyl (C=O) groups excluding carboxylic acids is 1. The molecule has 0 spiro atoms. The van der Waals surface area contributed by atoms with Crippen molar-refractivity contribution in [1.82, 2.24) is 9.88 Å². The molecule has 8 nitrogen and oxygen atoms in total. The van der Waals surface area contributed by atoms with E-state index in [0.29, 0.717) is 24.0 Å². The molecule has 0 aliphatic carbocycles. The Bertz CT molecular complexity index is 887. The fourth-order valence-corrected chi connectivity index (χ4v) is 3.80. The summed E-state index contributed by atoms with van der Waals surface area (Å²) in [6, 6.07) is 6.06. The molecule has 1 aliphatic heterocycles. The number of hydrogen-bond donors (Lipinski definition) is 2. The predicted molar refractivity (Wildman–Crippen MR) is 122 cm³/mol. The van der Waals surface area contributed by atoms with Gasteiger partial charge in [0.2, 0.25) is 5.13 Å². The quantitative estimate of drug-likeness (QED) is 0.507. The number of benzene rings is 1. The maximum Gasteiger partial charge on any atom is 0.410 e. The lowest BCUT2D eigenvalue weighted by Gasteiger charge is -2.37. The third kappa shape index (κ3) is 6.07. The number of hydrogen-bond acceptors (Lipinski definition) is 8. The molecule has 3 N–H and O–H groups in total. The summed E-state index contributed by atoms with van der Waals surface area (Å²) >= 11 is 4.92. The number of halogens is 1. The first-order valence-corrected chi connectivity index (χ1v) is 10.9. The summed E-state index contributed by atoms with van der Waals surface area (Å²) in [5.41, 5.74) is 10.1. The van der Waals surface area contributed by atoms with Gasteiger partial charge in [-0.1, -0.05) is 15.9 Å². The Morgan fingerprint density at radius 1 is 1.34 bits per heavy atom. The Kier molecular flexibility index (Phi) is 6.63. The number of carbonyl (C=O) groups is 1. The van der Waals surface area contributed by atoms with Gasteiger partial charge in [0, 0.05) is 47.3 Å². The third-order valence-corrected chi connectivity index (χ3v) is 5.41. The van der Waals surface area contributed by atoms with Gasteiger partial charge in [-0.25, -0.2) is 9.78 Å². The van der Waals surface area contributed by atoms with Crippen LogP contribution in [0.1, 0.15) is 26.3 Å². The number of nitrogen functional groups attached to an aromatic ring is 1. The van der Waals surface area contributed by atoms with Crippen LogP contribution in [-0.2, 0) is 4.74 Å². The zero-order chi connectivity index (χ0) is 21.0. The van der Waals surface area contributed by atoms with E-state index in [0.717, 1.165) is 28.8 Å². The lowest BCUT2D eigenvalue weighted by Crippen LogP contribution is -2.50. The van der Waals surface area contributed by atoms with Crippen LogP contribution >= 0.6 is 27.3 Å². The molecule has 1 saturated heterocycles. The number of nitrogens with two attached hydrogens (primary N) is 1. The van der Waals surface area contributed by atoms with Gasteiger partial charge in [-0.15, -0.1) is 11.3 Å². The smallest absolute Gasteiger partial charge is 0.410 e. The summed E-state index contributed by atoms with van der Waals surface area (Å²) in [6.45, 7) is 8.29. The van der Waals surface area contributed by atoms with E-state index in [9.17, 15) is 4.79 Å². The van der Waals surface area contributed by atoms with Crippen molar-refractivity contribution in [2.24, 2.45) is 5.10 Å². The van der Waals surface area contributed by atoms with Gasteiger partial charge in [-0.3, -0.25) is 5.43 Å². The average molecular weight is 481 g/mol. The number of nitrogens with zero attached hydrogens (tertiary/aromatic N) is 4. The van der Waals surface area contributed by atoms with Crippen molar-refractivity contribution >= 4 is 56.2 Å². The lowest BCUT2D eigenvalue weighted by atomic mass is 10.1. The highest BCUT2D eigenvalue weighted by Gasteiger charge is 2.26. The Labute approximate surface area is 182 Å². The molecule has 2 heterocycles. The van der Waals surface area contributed by atoms with Crippen LogP contribution in [0, 0.1) is 0 Å². The van der Waals surface area contributed by atoms with E-state index in [2.05, 4.69) is 42.4 Å². The molecule has 3 rings (SSSR count). The number of aromatic nitrogens is 1.